The summed E-state index contributed by atoms with van der Waals surface area (Å²) in [4.78, 5) is 22.7. The number of carbonyl (C=O) groups excluding carboxylic acids is 2. The second kappa shape index (κ2) is 8.58. The molecule has 3 N–H and O–H groups in total. The van der Waals surface area contributed by atoms with Crippen molar-refractivity contribution in [3.63, 3.8) is 0 Å². The Bertz CT molecular complexity index is 232. The van der Waals surface area contributed by atoms with Crippen molar-refractivity contribution in [2.24, 2.45) is 11.7 Å². The maximum Gasteiger partial charge on any atom is 0.237 e. The first-order valence-electron chi connectivity index (χ1n) is 5.62. The molecule has 0 saturated heterocycles. The third kappa shape index (κ3) is 6.85. The van der Waals surface area contributed by atoms with Crippen LogP contribution in [0.1, 0.15) is 27.2 Å². The van der Waals surface area contributed by atoms with E-state index >= 15 is 0 Å². The van der Waals surface area contributed by atoms with Crippen LogP contribution in [0.15, 0.2) is 0 Å². The van der Waals surface area contributed by atoms with Gasteiger partial charge in [-0.25, -0.2) is 0 Å². The maximum atomic E-state index is 11.4. The van der Waals surface area contributed by atoms with Crippen LogP contribution in [0.2, 0.25) is 0 Å². The highest BCUT2D eigenvalue weighted by Gasteiger charge is 2.13. The molecular formula is C11H22N2O2S. The lowest BCUT2D eigenvalue weighted by Gasteiger charge is -2.11. The number of thioether (sulfide) groups is 1. The van der Waals surface area contributed by atoms with Crippen molar-refractivity contribution in [3.05, 3.63) is 0 Å². The van der Waals surface area contributed by atoms with Crippen LogP contribution in [-0.4, -0.2) is 35.8 Å². The molecule has 1 atom stereocenters. The first kappa shape index (κ1) is 15.4. The summed E-state index contributed by atoms with van der Waals surface area (Å²) in [6.07, 6.45) is 0.386. The Labute approximate surface area is 102 Å². The second-order valence-electron chi connectivity index (χ2n) is 3.93. The Hall–Kier alpha value is -0.550. The zero-order valence-corrected chi connectivity index (χ0v) is 11.1. The minimum absolute atomic E-state index is 0.0289. The predicted molar refractivity (Wildman–Crippen MR) is 68.4 cm³/mol. The summed E-state index contributed by atoms with van der Waals surface area (Å²) in [6.45, 7) is 6.12. The quantitative estimate of drug-likeness (QED) is 0.664. The highest BCUT2D eigenvalue weighted by molar-refractivity contribution is 7.99. The van der Waals surface area contributed by atoms with E-state index in [1.165, 1.54) is 0 Å². The van der Waals surface area contributed by atoms with Crippen LogP contribution < -0.4 is 11.1 Å². The van der Waals surface area contributed by atoms with Gasteiger partial charge in [-0.05, 0) is 5.75 Å². The molecule has 0 aromatic rings. The van der Waals surface area contributed by atoms with E-state index in [1.807, 2.05) is 20.8 Å². The molecule has 0 aromatic carbocycles. The predicted octanol–water partition coefficient (Wildman–Crippen LogP) is 0.798. The Balaban J connectivity index is 3.68. The molecule has 0 heterocycles. The number of amides is 1. The van der Waals surface area contributed by atoms with Gasteiger partial charge < -0.3 is 11.1 Å². The molecule has 0 unspecified atom stereocenters. The van der Waals surface area contributed by atoms with Crippen LogP contribution in [0.3, 0.4) is 0 Å². The van der Waals surface area contributed by atoms with Gasteiger partial charge in [0.2, 0.25) is 5.91 Å². The molecule has 5 heteroatoms. The molecule has 0 aromatic heterocycles. The molecule has 94 valence electrons. The molecule has 0 aliphatic rings. The highest BCUT2D eigenvalue weighted by atomic mass is 32.2. The largest absolute Gasteiger partial charge is 0.354 e. The van der Waals surface area contributed by atoms with Crippen LogP contribution >= 0.6 is 11.8 Å². The number of ketones is 1. The molecule has 0 aliphatic carbocycles. The van der Waals surface area contributed by atoms with E-state index in [4.69, 9.17) is 5.73 Å². The van der Waals surface area contributed by atoms with E-state index < -0.39 is 6.04 Å². The fourth-order valence-electron chi connectivity index (χ4n) is 1.05. The molecule has 1 amide bonds. The van der Waals surface area contributed by atoms with Gasteiger partial charge in [-0.1, -0.05) is 20.8 Å². The van der Waals surface area contributed by atoms with E-state index in [9.17, 15) is 9.59 Å². The van der Waals surface area contributed by atoms with Gasteiger partial charge in [0.05, 0.1) is 6.04 Å². The Morgan fingerprint density at radius 3 is 2.50 bits per heavy atom. The highest BCUT2D eigenvalue weighted by Crippen LogP contribution is 2.00. The zero-order valence-electron chi connectivity index (χ0n) is 10.3. The van der Waals surface area contributed by atoms with Crippen LogP contribution in [0, 0.1) is 5.92 Å². The van der Waals surface area contributed by atoms with E-state index in [-0.39, 0.29) is 17.6 Å². The molecular weight excluding hydrogens is 224 g/mol. The van der Waals surface area contributed by atoms with Crippen molar-refractivity contribution in [1.82, 2.24) is 5.32 Å². The van der Waals surface area contributed by atoms with Crippen molar-refractivity contribution in [3.8, 4) is 0 Å². The molecule has 0 spiro atoms. The lowest BCUT2D eigenvalue weighted by molar-refractivity contribution is -0.123. The second-order valence-corrected chi connectivity index (χ2v) is 5.25. The monoisotopic (exact) mass is 246 g/mol. The average Bonchev–Trinajstić information content (AvgIpc) is 2.25. The Morgan fingerprint density at radius 1 is 1.38 bits per heavy atom. The first-order chi connectivity index (χ1) is 7.49. The average molecular weight is 246 g/mol. The Morgan fingerprint density at radius 2 is 2.00 bits per heavy atom. The van der Waals surface area contributed by atoms with Crippen LogP contribution in [0.25, 0.3) is 0 Å². The molecule has 0 bridgehead atoms. The smallest absolute Gasteiger partial charge is 0.237 e. The van der Waals surface area contributed by atoms with E-state index in [0.29, 0.717) is 18.7 Å². The van der Waals surface area contributed by atoms with Crippen LogP contribution in [0.5, 0.6) is 0 Å². The van der Waals surface area contributed by atoms with E-state index in [1.54, 1.807) is 11.8 Å². The molecule has 0 rings (SSSR count). The fraction of sp³-hybridized carbons (Fsp3) is 0.818. The number of rotatable bonds is 8. The normalized spacial score (nSPS) is 12.6. The fourth-order valence-corrected chi connectivity index (χ4v) is 1.69. The van der Waals surface area contributed by atoms with Crippen molar-refractivity contribution in [1.29, 1.82) is 0 Å². The van der Waals surface area contributed by atoms with Gasteiger partial charge in [-0.3, -0.25) is 9.59 Å². The van der Waals surface area contributed by atoms with Crippen molar-refractivity contribution >= 4 is 23.5 Å². The number of carbonyl (C=O) groups is 2. The number of Topliss-reactive ketones (excluding diaryl/α,β-unsaturated/α-hetero) is 1. The molecule has 16 heavy (non-hydrogen) atoms. The summed E-state index contributed by atoms with van der Waals surface area (Å²) in [5, 5.41) is 2.68. The third-order valence-corrected chi connectivity index (χ3v) is 3.16. The van der Waals surface area contributed by atoms with Crippen LogP contribution in [0.4, 0.5) is 0 Å². The minimum atomic E-state index is -0.473. The van der Waals surface area contributed by atoms with Crippen molar-refractivity contribution in [2.75, 3.05) is 18.1 Å². The standard InChI is InChI=1S/C11H22N2O2S/c1-4-16-7-9(12)11(15)13-6-5-10(14)8(2)3/h8-9H,4-7,12H2,1-3H3,(H,13,15)/t9-/m0/s1. The minimum Gasteiger partial charge on any atom is -0.354 e. The van der Waals surface area contributed by atoms with Gasteiger partial charge in [0, 0.05) is 24.6 Å². The SMILES string of the molecule is CCSC[C@H](N)C(=O)NCCC(=O)C(C)C. The third-order valence-electron chi connectivity index (χ3n) is 2.15. The summed E-state index contributed by atoms with van der Waals surface area (Å²) in [5.41, 5.74) is 5.66. The summed E-state index contributed by atoms with van der Waals surface area (Å²) in [5.74, 6) is 1.60. The number of nitrogens with two attached hydrogens (primary N) is 1. The number of nitrogens with one attached hydrogen (secondary N) is 1. The van der Waals surface area contributed by atoms with Crippen molar-refractivity contribution < 1.29 is 9.59 Å². The summed E-state index contributed by atoms with van der Waals surface area (Å²) >= 11 is 1.64. The summed E-state index contributed by atoms with van der Waals surface area (Å²) < 4.78 is 0. The van der Waals surface area contributed by atoms with Gasteiger partial charge in [-0.15, -0.1) is 0 Å². The number of hydrogen-bond donors (Lipinski definition) is 2. The maximum absolute atomic E-state index is 11.4. The van der Waals surface area contributed by atoms with Gasteiger partial charge in [0.1, 0.15) is 5.78 Å². The lowest BCUT2D eigenvalue weighted by Crippen LogP contribution is -2.43. The summed E-state index contributed by atoms with van der Waals surface area (Å²) in [6, 6.07) is -0.473. The van der Waals surface area contributed by atoms with Gasteiger partial charge in [0.25, 0.3) is 0 Å². The molecule has 0 saturated carbocycles. The van der Waals surface area contributed by atoms with Gasteiger partial charge in [0.15, 0.2) is 0 Å². The lowest BCUT2D eigenvalue weighted by atomic mass is 10.1. The molecule has 0 radical (unpaired) electrons. The first-order valence-corrected chi connectivity index (χ1v) is 6.78. The Kier molecular flexibility index (Phi) is 8.29. The van der Waals surface area contributed by atoms with E-state index in [2.05, 4.69) is 5.32 Å². The zero-order chi connectivity index (χ0) is 12.6. The van der Waals surface area contributed by atoms with Gasteiger partial charge in [-0.2, -0.15) is 11.8 Å². The van der Waals surface area contributed by atoms with Gasteiger partial charge >= 0.3 is 0 Å². The summed E-state index contributed by atoms with van der Waals surface area (Å²) in [7, 11) is 0. The van der Waals surface area contributed by atoms with Crippen LogP contribution in [-0.2, 0) is 9.59 Å². The number of hydrogen-bond acceptors (Lipinski definition) is 4. The van der Waals surface area contributed by atoms with E-state index in [0.717, 1.165) is 5.75 Å². The topological polar surface area (TPSA) is 72.2 Å². The molecule has 0 fully saturated rings. The molecule has 4 nitrogen and oxygen atoms in total. The molecule has 0 aliphatic heterocycles. The van der Waals surface area contributed by atoms with Crippen molar-refractivity contribution in [2.45, 2.75) is 33.2 Å².